The van der Waals surface area contributed by atoms with E-state index >= 15 is 0 Å². The second kappa shape index (κ2) is 38.3. The average Bonchev–Trinajstić information content (AvgIpc) is 3.24. The van der Waals surface area contributed by atoms with E-state index in [1.807, 2.05) is 0 Å². The van der Waals surface area contributed by atoms with E-state index in [-0.39, 0.29) is 6.42 Å². The largest absolute Gasteiger partial charge is 0.397 e. The zero-order valence-electron chi connectivity index (χ0n) is 38.3. The molecule has 1 aliphatic rings. The molecule has 1 heterocycles. The van der Waals surface area contributed by atoms with Crippen molar-refractivity contribution in [1.29, 1.82) is 0 Å². The molecule has 13 nitrogen and oxygen atoms in total. The Labute approximate surface area is 375 Å². The third-order valence-electron chi connectivity index (χ3n) is 11.2. The lowest BCUT2D eigenvalue weighted by Crippen LogP contribution is -2.61. The highest BCUT2D eigenvalue weighted by Crippen LogP contribution is 2.26. The summed E-state index contributed by atoms with van der Waals surface area (Å²) in [4.78, 5) is 13.1. The predicted octanol–water partition coefficient (Wildman–Crippen LogP) is 8.63. The first kappa shape index (κ1) is 58.0. The normalized spacial score (nSPS) is 21.5. The summed E-state index contributed by atoms with van der Waals surface area (Å²) in [6, 6.07) is -1.15. The quantitative estimate of drug-likeness (QED) is 0.0175. The molecule has 1 amide bonds. The van der Waals surface area contributed by atoms with E-state index < -0.39 is 78.5 Å². The molecule has 8 unspecified atom stereocenters. The standard InChI is InChI=1S/C48H87NO12S/c1-3-5-7-9-11-13-15-17-19-21-23-25-27-29-31-33-35-37-42(52)47(55)49-40(39-59-48-45(54)46(61-62(56,57)58)44(53)43(38-50)60-48)41(51)36-34-32-30-28-26-24-22-20-18-16-14-12-10-8-6-4-2/h18,20,23,25-26,28,34,36,40-46,48,50-54H,3-17,19,21-22,24,27,29-33,35,37-39H2,1-2H3,(H,49,55)(H,56,57,58)/b20-18+,25-23-,28-26+,36-34+. The third kappa shape index (κ3) is 30.2. The first-order valence-corrected chi connectivity index (χ1v) is 25.5. The van der Waals surface area contributed by atoms with E-state index in [1.54, 1.807) is 6.08 Å². The van der Waals surface area contributed by atoms with Crippen LogP contribution in [0.3, 0.4) is 0 Å². The summed E-state index contributed by atoms with van der Waals surface area (Å²) >= 11 is 0. The van der Waals surface area contributed by atoms with Crippen LogP contribution in [-0.4, -0.2) is 107 Å². The zero-order valence-corrected chi connectivity index (χ0v) is 39.1. The highest BCUT2D eigenvalue weighted by Gasteiger charge is 2.48. The fourth-order valence-electron chi connectivity index (χ4n) is 7.31. The van der Waals surface area contributed by atoms with Crippen molar-refractivity contribution in [1.82, 2.24) is 5.32 Å². The smallest absolute Gasteiger partial charge is 0.394 e. The van der Waals surface area contributed by atoms with E-state index in [4.69, 9.17) is 9.47 Å². The van der Waals surface area contributed by atoms with Gasteiger partial charge in [0.2, 0.25) is 5.91 Å². The third-order valence-corrected chi connectivity index (χ3v) is 11.6. The Bertz CT molecular complexity index is 1310. The van der Waals surface area contributed by atoms with Gasteiger partial charge in [-0.1, -0.05) is 165 Å². The van der Waals surface area contributed by atoms with Gasteiger partial charge in [0, 0.05) is 0 Å². The van der Waals surface area contributed by atoms with Crippen molar-refractivity contribution in [2.75, 3.05) is 13.2 Å². The van der Waals surface area contributed by atoms with Crippen LogP contribution in [-0.2, 0) is 28.9 Å². The van der Waals surface area contributed by atoms with E-state index in [0.717, 1.165) is 57.8 Å². The van der Waals surface area contributed by atoms with Crippen molar-refractivity contribution in [3.05, 3.63) is 48.6 Å². The van der Waals surface area contributed by atoms with Gasteiger partial charge in [-0.2, -0.15) is 8.42 Å². The molecule has 0 aliphatic carbocycles. The number of ether oxygens (including phenoxy) is 2. The lowest BCUT2D eigenvalue weighted by atomic mass is 9.99. The molecule has 0 spiro atoms. The maximum Gasteiger partial charge on any atom is 0.397 e. The number of nitrogens with one attached hydrogen (secondary N) is 1. The molecule has 1 saturated heterocycles. The number of amides is 1. The van der Waals surface area contributed by atoms with E-state index in [9.17, 15) is 43.3 Å². The maximum atomic E-state index is 13.1. The molecule has 62 heavy (non-hydrogen) atoms. The summed E-state index contributed by atoms with van der Waals surface area (Å²) in [6.45, 7) is 3.18. The van der Waals surface area contributed by atoms with Crippen LogP contribution in [0.5, 0.6) is 0 Å². The Balaban J connectivity index is 2.61. The lowest BCUT2D eigenvalue weighted by Gasteiger charge is -2.41. The summed E-state index contributed by atoms with van der Waals surface area (Å²) in [5.74, 6) is -0.726. The van der Waals surface area contributed by atoms with E-state index in [0.29, 0.717) is 12.8 Å². The molecule has 0 aromatic carbocycles. The molecular weight excluding hydrogens is 815 g/mol. The maximum absolute atomic E-state index is 13.1. The van der Waals surface area contributed by atoms with Gasteiger partial charge in [-0.05, 0) is 70.6 Å². The number of unbranched alkanes of at least 4 members (excludes halogenated alkanes) is 21. The van der Waals surface area contributed by atoms with Gasteiger partial charge in [0.15, 0.2) is 6.29 Å². The van der Waals surface area contributed by atoms with Crippen LogP contribution in [0.4, 0.5) is 0 Å². The van der Waals surface area contributed by atoms with Crippen LogP contribution in [0.25, 0.3) is 0 Å². The van der Waals surface area contributed by atoms with Gasteiger partial charge in [0.25, 0.3) is 0 Å². The minimum Gasteiger partial charge on any atom is -0.394 e. The molecule has 1 fully saturated rings. The number of carbonyl (C=O) groups excluding carboxylic acids is 1. The second-order valence-electron chi connectivity index (χ2n) is 16.8. The Hall–Kier alpha value is -1.98. The summed E-state index contributed by atoms with van der Waals surface area (Å²) in [5.41, 5.74) is 0. The van der Waals surface area contributed by atoms with Crippen molar-refractivity contribution in [3.63, 3.8) is 0 Å². The van der Waals surface area contributed by atoms with E-state index in [1.165, 1.54) is 102 Å². The minimum atomic E-state index is -5.13. The van der Waals surface area contributed by atoms with Crippen LogP contribution >= 0.6 is 0 Å². The van der Waals surface area contributed by atoms with E-state index in [2.05, 4.69) is 59.8 Å². The molecular formula is C48H87NO12S. The SMILES string of the molecule is CCCCCCCC/C=C/CC/C=C/CC/C=C/C(O)C(COC1OC(CO)C(O)C(OS(=O)(=O)O)C1O)NC(=O)C(O)CCCCCC/C=C\CCCCCCCCCCC. The molecule has 362 valence electrons. The second-order valence-corrected chi connectivity index (χ2v) is 17.9. The Morgan fingerprint density at radius 1 is 0.645 bits per heavy atom. The van der Waals surface area contributed by atoms with Crippen LogP contribution in [0.15, 0.2) is 48.6 Å². The van der Waals surface area contributed by atoms with Gasteiger partial charge in [-0.25, -0.2) is 4.18 Å². The predicted molar refractivity (Wildman–Crippen MR) is 247 cm³/mol. The zero-order chi connectivity index (χ0) is 45.7. The fourth-order valence-corrected chi connectivity index (χ4v) is 7.82. The van der Waals surface area contributed by atoms with Gasteiger partial charge in [0.05, 0.1) is 25.4 Å². The van der Waals surface area contributed by atoms with Gasteiger partial charge in [0.1, 0.15) is 30.5 Å². The van der Waals surface area contributed by atoms with Gasteiger partial charge >= 0.3 is 10.4 Å². The number of aliphatic hydroxyl groups excluding tert-OH is 5. The van der Waals surface area contributed by atoms with Crippen LogP contribution in [0.2, 0.25) is 0 Å². The number of hydrogen-bond donors (Lipinski definition) is 7. The van der Waals surface area contributed by atoms with Gasteiger partial charge in [-0.15, -0.1) is 0 Å². The van der Waals surface area contributed by atoms with Crippen LogP contribution in [0.1, 0.15) is 187 Å². The molecule has 0 bridgehead atoms. The highest BCUT2D eigenvalue weighted by molar-refractivity contribution is 7.80. The molecule has 14 heteroatoms. The number of hydrogen-bond acceptors (Lipinski definition) is 11. The Kier molecular flexibility index (Phi) is 35.9. The summed E-state index contributed by atoms with van der Waals surface area (Å²) in [7, 11) is -5.13. The molecule has 0 saturated carbocycles. The number of rotatable bonds is 40. The summed E-state index contributed by atoms with van der Waals surface area (Å²) < 4.78 is 47.5. The van der Waals surface area contributed by atoms with Crippen LogP contribution in [0, 0.1) is 0 Å². The van der Waals surface area contributed by atoms with Gasteiger partial charge in [-0.3, -0.25) is 9.35 Å². The molecule has 8 atom stereocenters. The van der Waals surface area contributed by atoms with Gasteiger partial charge < -0.3 is 40.3 Å². The first-order valence-electron chi connectivity index (χ1n) is 24.1. The number of aliphatic hydroxyl groups is 5. The monoisotopic (exact) mass is 902 g/mol. The lowest BCUT2D eigenvalue weighted by molar-refractivity contribution is -0.298. The Morgan fingerprint density at radius 2 is 1.08 bits per heavy atom. The summed E-state index contributed by atoms with van der Waals surface area (Å²) in [6.07, 6.45) is 34.8. The molecule has 7 N–H and O–H groups in total. The van der Waals surface area contributed by atoms with Crippen molar-refractivity contribution < 1.29 is 57.0 Å². The molecule has 0 radical (unpaired) electrons. The fraction of sp³-hybridized carbons (Fsp3) is 0.812. The summed E-state index contributed by atoms with van der Waals surface area (Å²) in [5, 5.41) is 55.2. The topological polar surface area (TPSA) is 212 Å². The minimum absolute atomic E-state index is 0.218. The van der Waals surface area contributed by atoms with Crippen molar-refractivity contribution in [2.24, 2.45) is 0 Å². The molecule has 1 aliphatic heterocycles. The Morgan fingerprint density at radius 3 is 1.55 bits per heavy atom. The van der Waals surface area contributed by atoms with Crippen molar-refractivity contribution in [2.45, 2.75) is 236 Å². The first-order chi connectivity index (χ1) is 29.9. The van der Waals surface area contributed by atoms with Crippen molar-refractivity contribution >= 4 is 16.3 Å². The number of carbonyl (C=O) groups is 1. The van der Waals surface area contributed by atoms with Crippen molar-refractivity contribution in [3.8, 4) is 0 Å². The molecule has 0 aromatic heterocycles. The molecule has 1 rings (SSSR count). The average molecular weight is 902 g/mol. The highest BCUT2D eigenvalue weighted by atomic mass is 32.3. The molecule has 0 aromatic rings. The number of allylic oxidation sites excluding steroid dienone is 7. The van der Waals surface area contributed by atoms with Crippen LogP contribution < -0.4 is 5.32 Å².